The number of hydrogen-bond acceptors (Lipinski definition) is 3. The molecule has 4 nitrogen and oxygen atoms in total. The van der Waals surface area contributed by atoms with E-state index in [9.17, 15) is 12.8 Å². The minimum Gasteiger partial charge on any atom is -0.315 e. The van der Waals surface area contributed by atoms with Crippen molar-refractivity contribution in [1.29, 1.82) is 0 Å². The minimum atomic E-state index is -3.64. The summed E-state index contributed by atoms with van der Waals surface area (Å²) in [7, 11) is -3.64. The van der Waals surface area contributed by atoms with Crippen molar-refractivity contribution in [3.8, 4) is 0 Å². The third-order valence-corrected chi connectivity index (χ3v) is 5.44. The molecule has 1 unspecified atom stereocenters. The van der Waals surface area contributed by atoms with Gasteiger partial charge in [-0.25, -0.2) is 12.8 Å². The van der Waals surface area contributed by atoms with Gasteiger partial charge in [0.1, 0.15) is 5.82 Å². The molecular formula is C14H21FN2O2S. The van der Waals surface area contributed by atoms with E-state index in [0.29, 0.717) is 18.7 Å². The maximum atomic E-state index is 13.5. The molecule has 1 aromatic rings. The van der Waals surface area contributed by atoms with Crippen LogP contribution in [-0.2, 0) is 10.0 Å². The number of nitrogens with zero attached hydrogens (tertiary/aromatic N) is 1. The lowest BCUT2D eigenvalue weighted by Gasteiger charge is -2.27. The molecule has 1 aromatic carbocycles. The first-order chi connectivity index (χ1) is 9.45. The van der Waals surface area contributed by atoms with E-state index in [4.69, 9.17) is 0 Å². The minimum absolute atomic E-state index is 0.0384. The third kappa shape index (κ3) is 3.19. The molecular weight excluding hydrogens is 279 g/mol. The van der Waals surface area contributed by atoms with Gasteiger partial charge < -0.3 is 5.32 Å². The van der Waals surface area contributed by atoms with E-state index in [1.54, 1.807) is 6.92 Å². The van der Waals surface area contributed by atoms with Crippen LogP contribution in [0.1, 0.15) is 25.3 Å². The van der Waals surface area contributed by atoms with Crippen LogP contribution >= 0.6 is 0 Å². The maximum Gasteiger partial charge on any atom is 0.243 e. The van der Waals surface area contributed by atoms with Crippen LogP contribution in [0.2, 0.25) is 0 Å². The summed E-state index contributed by atoms with van der Waals surface area (Å²) in [6.07, 6.45) is 1.54. The Morgan fingerprint density at radius 1 is 1.40 bits per heavy atom. The van der Waals surface area contributed by atoms with E-state index in [1.807, 2.05) is 6.92 Å². The molecule has 6 heteroatoms. The number of benzene rings is 1. The molecule has 0 aliphatic carbocycles. The first-order valence-electron chi connectivity index (χ1n) is 6.95. The lowest BCUT2D eigenvalue weighted by atomic mass is 10.2. The molecule has 0 amide bonds. The summed E-state index contributed by atoms with van der Waals surface area (Å²) in [6.45, 7) is 5.59. The topological polar surface area (TPSA) is 49.4 Å². The van der Waals surface area contributed by atoms with E-state index in [0.717, 1.165) is 25.5 Å². The molecule has 0 spiro atoms. The van der Waals surface area contributed by atoms with Gasteiger partial charge in [0.05, 0.1) is 4.90 Å². The average Bonchev–Trinajstić information content (AvgIpc) is 2.88. The standard InChI is InChI=1S/C14H21FN2O2S/c1-3-6-17(13-4-5-16-10-13)20(18,19)14-8-11(2)7-12(15)9-14/h7-9,13,16H,3-6,10H2,1-2H3. The molecule has 0 bridgehead atoms. The van der Waals surface area contributed by atoms with Crippen LogP contribution in [0.15, 0.2) is 23.1 Å². The molecule has 1 aliphatic heterocycles. The molecule has 0 aromatic heterocycles. The van der Waals surface area contributed by atoms with Crippen LogP contribution in [0.4, 0.5) is 4.39 Å². The monoisotopic (exact) mass is 300 g/mol. The summed E-state index contributed by atoms with van der Waals surface area (Å²) in [4.78, 5) is 0.0513. The van der Waals surface area contributed by atoms with Crippen molar-refractivity contribution in [2.24, 2.45) is 0 Å². The predicted octanol–water partition coefficient (Wildman–Crippen LogP) is 1.90. The van der Waals surface area contributed by atoms with Gasteiger partial charge in [-0.15, -0.1) is 0 Å². The van der Waals surface area contributed by atoms with E-state index in [-0.39, 0.29) is 10.9 Å². The van der Waals surface area contributed by atoms with Crippen molar-refractivity contribution in [1.82, 2.24) is 9.62 Å². The first kappa shape index (κ1) is 15.4. The second-order valence-electron chi connectivity index (χ2n) is 5.23. The highest BCUT2D eigenvalue weighted by atomic mass is 32.2. The maximum absolute atomic E-state index is 13.5. The zero-order chi connectivity index (χ0) is 14.8. The summed E-state index contributed by atoms with van der Waals surface area (Å²) in [5.74, 6) is -0.510. The van der Waals surface area contributed by atoms with Crippen molar-refractivity contribution in [2.45, 2.75) is 37.6 Å². The number of aryl methyl sites for hydroxylation is 1. The molecule has 1 atom stereocenters. The first-order valence-corrected chi connectivity index (χ1v) is 8.39. The van der Waals surface area contributed by atoms with Crippen molar-refractivity contribution in [3.05, 3.63) is 29.6 Å². The summed E-state index contributed by atoms with van der Waals surface area (Å²) < 4.78 is 40.5. The van der Waals surface area contributed by atoms with Gasteiger partial charge in [-0.1, -0.05) is 6.92 Å². The van der Waals surface area contributed by atoms with Crippen molar-refractivity contribution < 1.29 is 12.8 Å². The van der Waals surface area contributed by atoms with Crippen LogP contribution in [0.5, 0.6) is 0 Å². The highest BCUT2D eigenvalue weighted by Gasteiger charge is 2.32. The van der Waals surface area contributed by atoms with Gasteiger partial charge in [-0.3, -0.25) is 0 Å². The lowest BCUT2D eigenvalue weighted by Crippen LogP contribution is -2.42. The molecule has 1 aliphatic rings. The summed E-state index contributed by atoms with van der Waals surface area (Å²) >= 11 is 0. The van der Waals surface area contributed by atoms with Gasteiger partial charge >= 0.3 is 0 Å². The Kier molecular flexibility index (Phi) is 4.78. The van der Waals surface area contributed by atoms with Gasteiger partial charge in [-0.2, -0.15) is 4.31 Å². The normalized spacial score (nSPS) is 19.7. The van der Waals surface area contributed by atoms with Crippen LogP contribution in [0.3, 0.4) is 0 Å². The summed E-state index contributed by atoms with van der Waals surface area (Å²) in [6, 6.07) is 3.93. The summed E-state index contributed by atoms with van der Waals surface area (Å²) in [5.41, 5.74) is 0.615. The highest BCUT2D eigenvalue weighted by Crippen LogP contribution is 2.23. The molecule has 1 saturated heterocycles. The Bertz CT molecular complexity index is 548. The smallest absolute Gasteiger partial charge is 0.243 e. The van der Waals surface area contributed by atoms with E-state index in [2.05, 4.69) is 5.32 Å². The van der Waals surface area contributed by atoms with Crippen molar-refractivity contribution in [2.75, 3.05) is 19.6 Å². The molecule has 0 saturated carbocycles. The molecule has 1 heterocycles. The molecule has 2 rings (SSSR count). The molecule has 1 fully saturated rings. The second-order valence-corrected chi connectivity index (χ2v) is 7.12. The highest BCUT2D eigenvalue weighted by molar-refractivity contribution is 7.89. The molecule has 20 heavy (non-hydrogen) atoms. The Morgan fingerprint density at radius 2 is 2.15 bits per heavy atom. The lowest BCUT2D eigenvalue weighted by molar-refractivity contribution is 0.335. The molecule has 112 valence electrons. The zero-order valence-corrected chi connectivity index (χ0v) is 12.7. The van der Waals surface area contributed by atoms with Gasteiger partial charge in [0.15, 0.2) is 0 Å². The fourth-order valence-corrected chi connectivity index (χ4v) is 4.45. The molecule has 1 N–H and O–H groups in total. The number of halogens is 1. The fourth-order valence-electron chi connectivity index (χ4n) is 2.59. The number of nitrogens with one attached hydrogen (secondary N) is 1. The molecule has 0 radical (unpaired) electrons. The Hall–Kier alpha value is -0.980. The van der Waals surface area contributed by atoms with Crippen LogP contribution in [0, 0.1) is 12.7 Å². The van der Waals surface area contributed by atoms with Gasteiger partial charge in [0, 0.05) is 19.1 Å². The van der Waals surface area contributed by atoms with Crippen LogP contribution in [0.25, 0.3) is 0 Å². The van der Waals surface area contributed by atoms with E-state index >= 15 is 0 Å². The summed E-state index contributed by atoms with van der Waals surface area (Å²) in [5, 5.41) is 3.18. The Morgan fingerprint density at radius 3 is 2.70 bits per heavy atom. The number of rotatable bonds is 5. The number of sulfonamides is 1. The van der Waals surface area contributed by atoms with Gasteiger partial charge in [0.2, 0.25) is 10.0 Å². The average molecular weight is 300 g/mol. The largest absolute Gasteiger partial charge is 0.315 e. The van der Waals surface area contributed by atoms with Crippen LogP contribution < -0.4 is 5.32 Å². The number of hydrogen-bond donors (Lipinski definition) is 1. The Balaban J connectivity index is 2.38. The quantitative estimate of drug-likeness (QED) is 0.903. The van der Waals surface area contributed by atoms with Gasteiger partial charge in [-0.05, 0) is 50.1 Å². The SMILES string of the molecule is CCCN(C1CCNC1)S(=O)(=O)c1cc(C)cc(F)c1. The zero-order valence-electron chi connectivity index (χ0n) is 11.9. The Labute approximate surface area is 120 Å². The van der Waals surface area contributed by atoms with Crippen molar-refractivity contribution in [3.63, 3.8) is 0 Å². The van der Waals surface area contributed by atoms with Crippen LogP contribution in [-0.4, -0.2) is 38.4 Å². The van der Waals surface area contributed by atoms with E-state index in [1.165, 1.54) is 16.4 Å². The predicted molar refractivity (Wildman–Crippen MR) is 76.6 cm³/mol. The van der Waals surface area contributed by atoms with Crippen molar-refractivity contribution >= 4 is 10.0 Å². The second kappa shape index (κ2) is 6.20. The third-order valence-electron chi connectivity index (χ3n) is 3.51. The van der Waals surface area contributed by atoms with E-state index < -0.39 is 15.8 Å². The fraction of sp³-hybridized carbons (Fsp3) is 0.571. The van der Waals surface area contributed by atoms with Gasteiger partial charge in [0.25, 0.3) is 0 Å².